The van der Waals surface area contributed by atoms with E-state index in [1.54, 1.807) is 6.04 Å². The van der Waals surface area contributed by atoms with E-state index in [9.17, 15) is 0 Å². The minimum atomic E-state index is -0.304. The van der Waals surface area contributed by atoms with E-state index in [0.29, 0.717) is 0 Å². The average molecular weight is 158 g/mol. The first-order chi connectivity index (χ1) is 4.72. The number of unbranched alkanes of at least 4 members (excludes halogenated alkanes) is 1. The fourth-order valence-electron chi connectivity index (χ4n) is 1.48. The molecule has 62 valence electrons. The Morgan fingerprint density at radius 3 is 2.10 bits per heavy atom. The molecule has 0 aliphatic rings. The Morgan fingerprint density at radius 1 is 1.20 bits per heavy atom. The molecule has 0 aromatic heterocycles. The number of hydrogen-bond acceptors (Lipinski definition) is 0. The lowest BCUT2D eigenvalue weighted by Crippen LogP contribution is -2.14. The van der Waals surface area contributed by atoms with Gasteiger partial charge in [-0.25, -0.2) is 0 Å². The van der Waals surface area contributed by atoms with Crippen LogP contribution in [-0.4, -0.2) is 8.80 Å². The van der Waals surface area contributed by atoms with Crippen LogP contribution in [0.1, 0.15) is 40.5 Å². The number of rotatable bonds is 5. The summed E-state index contributed by atoms with van der Waals surface area (Å²) >= 11 is 0. The van der Waals surface area contributed by atoms with Gasteiger partial charge in [0.1, 0.15) is 0 Å². The SMILES string of the molecule is CCCC[SiH](CC)C(C)C. The molecule has 0 N–H and O–H groups in total. The Labute approximate surface area is 67.6 Å². The molecule has 0 aromatic carbocycles. The van der Waals surface area contributed by atoms with Crippen LogP contribution < -0.4 is 0 Å². The van der Waals surface area contributed by atoms with Crippen molar-refractivity contribution in [2.75, 3.05) is 0 Å². The van der Waals surface area contributed by atoms with E-state index in [0.717, 1.165) is 5.54 Å². The molecule has 0 fully saturated rings. The van der Waals surface area contributed by atoms with Crippen molar-refractivity contribution in [2.24, 2.45) is 0 Å². The number of hydrogen-bond donors (Lipinski definition) is 0. The highest BCUT2D eigenvalue weighted by Gasteiger charge is 2.10. The van der Waals surface area contributed by atoms with Crippen LogP contribution in [0, 0.1) is 0 Å². The predicted molar refractivity (Wildman–Crippen MR) is 52.4 cm³/mol. The van der Waals surface area contributed by atoms with E-state index < -0.39 is 0 Å². The van der Waals surface area contributed by atoms with Gasteiger partial charge in [0, 0.05) is 8.80 Å². The Bertz CT molecular complexity index is 69.1. The van der Waals surface area contributed by atoms with Crippen molar-refractivity contribution in [3.63, 3.8) is 0 Å². The van der Waals surface area contributed by atoms with Gasteiger partial charge in [-0.2, -0.15) is 0 Å². The van der Waals surface area contributed by atoms with E-state index in [1.807, 2.05) is 0 Å². The normalized spacial score (nSPS) is 14.1. The summed E-state index contributed by atoms with van der Waals surface area (Å²) in [5.74, 6) is 0. The summed E-state index contributed by atoms with van der Waals surface area (Å²) in [4.78, 5) is 0. The second-order valence-electron chi connectivity index (χ2n) is 3.55. The van der Waals surface area contributed by atoms with Crippen LogP contribution in [0.5, 0.6) is 0 Å². The molecule has 0 saturated heterocycles. The first-order valence-corrected chi connectivity index (χ1v) is 7.02. The second kappa shape index (κ2) is 5.96. The molecule has 0 aliphatic heterocycles. The van der Waals surface area contributed by atoms with Crippen LogP contribution in [0.3, 0.4) is 0 Å². The quantitative estimate of drug-likeness (QED) is 0.538. The molecule has 10 heavy (non-hydrogen) atoms. The molecule has 0 aromatic rings. The van der Waals surface area contributed by atoms with Crippen LogP contribution >= 0.6 is 0 Å². The van der Waals surface area contributed by atoms with Gasteiger partial charge < -0.3 is 0 Å². The smallest absolute Gasteiger partial charge is 0.0390 e. The molecule has 0 nitrogen and oxygen atoms in total. The fraction of sp³-hybridized carbons (Fsp3) is 1.00. The maximum Gasteiger partial charge on any atom is 0.0390 e. The van der Waals surface area contributed by atoms with Crippen molar-refractivity contribution in [3.8, 4) is 0 Å². The Morgan fingerprint density at radius 2 is 1.80 bits per heavy atom. The van der Waals surface area contributed by atoms with Crippen molar-refractivity contribution in [1.29, 1.82) is 0 Å². The van der Waals surface area contributed by atoms with Crippen molar-refractivity contribution in [3.05, 3.63) is 0 Å². The van der Waals surface area contributed by atoms with Gasteiger partial charge in [-0.15, -0.1) is 0 Å². The maximum absolute atomic E-state index is 2.40. The zero-order valence-electron chi connectivity index (χ0n) is 7.98. The first-order valence-electron chi connectivity index (χ1n) is 4.72. The fourth-order valence-corrected chi connectivity index (χ4v) is 4.43. The summed E-state index contributed by atoms with van der Waals surface area (Å²) < 4.78 is 0. The van der Waals surface area contributed by atoms with Gasteiger partial charge in [0.15, 0.2) is 0 Å². The third kappa shape index (κ3) is 4.10. The van der Waals surface area contributed by atoms with Gasteiger partial charge in [-0.3, -0.25) is 0 Å². The molecule has 0 bridgehead atoms. The molecule has 1 unspecified atom stereocenters. The Kier molecular flexibility index (Phi) is 6.09. The summed E-state index contributed by atoms with van der Waals surface area (Å²) in [6.07, 6.45) is 2.86. The summed E-state index contributed by atoms with van der Waals surface area (Å²) in [6, 6.07) is 3.07. The van der Waals surface area contributed by atoms with E-state index >= 15 is 0 Å². The standard InChI is InChI=1S/C9H22Si/c1-5-7-8-10(6-2)9(3)4/h9-10H,5-8H2,1-4H3. The maximum atomic E-state index is 2.40. The minimum absolute atomic E-state index is 0.304. The van der Waals surface area contributed by atoms with Gasteiger partial charge in [-0.05, 0) is 0 Å². The van der Waals surface area contributed by atoms with E-state index in [2.05, 4.69) is 27.7 Å². The molecule has 1 heteroatoms. The average Bonchev–Trinajstić information content (AvgIpc) is 1.89. The topological polar surface area (TPSA) is 0 Å². The molecule has 0 radical (unpaired) electrons. The molecule has 0 spiro atoms. The summed E-state index contributed by atoms with van der Waals surface area (Å²) in [7, 11) is -0.304. The van der Waals surface area contributed by atoms with E-state index in [4.69, 9.17) is 0 Å². The van der Waals surface area contributed by atoms with Gasteiger partial charge in [-0.1, -0.05) is 58.2 Å². The highest BCUT2D eigenvalue weighted by Crippen LogP contribution is 2.17. The van der Waals surface area contributed by atoms with Crippen molar-refractivity contribution >= 4 is 8.80 Å². The lowest BCUT2D eigenvalue weighted by Gasteiger charge is -2.16. The van der Waals surface area contributed by atoms with Crippen LogP contribution in [0.2, 0.25) is 17.6 Å². The Hall–Kier alpha value is 0.217. The van der Waals surface area contributed by atoms with Crippen LogP contribution in [0.25, 0.3) is 0 Å². The van der Waals surface area contributed by atoms with Gasteiger partial charge in [0.25, 0.3) is 0 Å². The molecular formula is C9H22Si. The molecule has 0 rings (SSSR count). The third-order valence-corrected chi connectivity index (χ3v) is 6.48. The van der Waals surface area contributed by atoms with Gasteiger partial charge >= 0.3 is 0 Å². The van der Waals surface area contributed by atoms with Crippen LogP contribution in [-0.2, 0) is 0 Å². The molecule has 0 heterocycles. The highest BCUT2D eigenvalue weighted by atomic mass is 28.3. The molecule has 0 aliphatic carbocycles. The lowest BCUT2D eigenvalue weighted by atomic mass is 10.4. The zero-order chi connectivity index (χ0) is 7.98. The first kappa shape index (κ1) is 10.2. The summed E-state index contributed by atoms with van der Waals surface area (Å²) in [5, 5.41) is 0. The third-order valence-electron chi connectivity index (χ3n) is 2.40. The van der Waals surface area contributed by atoms with Crippen LogP contribution in [0.15, 0.2) is 0 Å². The molecule has 1 atom stereocenters. The van der Waals surface area contributed by atoms with Crippen molar-refractivity contribution < 1.29 is 0 Å². The van der Waals surface area contributed by atoms with Crippen molar-refractivity contribution in [1.82, 2.24) is 0 Å². The Balaban J connectivity index is 3.40. The second-order valence-corrected chi connectivity index (χ2v) is 7.80. The summed E-state index contributed by atoms with van der Waals surface area (Å²) in [6.45, 7) is 9.46. The van der Waals surface area contributed by atoms with Gasteiger partial charge in [0.2, 0.25) is 0 Å². The molecule has 0 amide bonds. The van der Waals surface area contributed by atoms with E-state index in [1.165, 1.54) is 18.9 Å². The highest BCUT2D eigenvalue weighted by molar-refractivity contribution is 6.60. The van der Waals surface area contributed by atoms with Crippen molar-refractivity contribution in [2.45, 2.75) is 58.2 Å². The predicted octanol–water partition coefficient (Wildman–Crippen LogP) is 3.44. The monoisotopic (exact) mass is 158 g/mol. The molecule has 0 saturated carbocycles. The van der Waals surface area contributed by atoms with Gasteiger partial charge in [0.05, 0.1) is 0 Å². The zero-order valence-corrected chi connectivity index (χ0v) is 9.14. The largest absolute Gasteiger partial charge is 0.0680 e. The molecular weight excluding hydrogens is 136 g/mol. The summed E-state index contributed by atoms with van der Waals surface area (Å²) in [5.41, 5.74) is 1.02. The van der Waals surface area contributed by atoms with E-state index in [-0.39, 0.29) is 8.80 Å². The van der Waals surface area contributed by atoms with Crippen LogP contribution in [0.4, 0.5) is 0 Å². The minimum Gasteiger partial charge on any atom is -0.0680 e. The lowest BCUT2D eigenvalue weighted by molar-refractivity contribution is 0.853.